The lowest BCUT2D eigenvalue weighted by Crippen LogP contribution is -2.19. The van der Waals surface area contributed by atoms with E-state index in [0.717, 1.165) is 11.3 Å². The molecule has 162 valence electrons. The lowest BCUT2D eigenvalue weighted by Gasteiger charge is -2.15. The molecule has 1 aromatic heterocycles. The first-order valence-corrected chi connectivity index (χ1v) is 10.2. The molecule has 3 N–H and O–H groups in total. The van der Waals surface area contributed by atoms with E-state index in [4.69, 9.17) is 0 Å². The minimum absolute atomic E-state index is 0.0672. The van der Waals surface area contributed by atoms with Crippen LogP contribution in [0.1, 0.15) is 28.8 Å². The summed E-state index contributed by atoms with van der Waals surface area (Å²) >= 11 is 3.21. The van der Waals surface area contributed by atoms with Crippen molar-refractivity contribution in [3.8, 4) is 0 Å². The second kappa shape index (κ2) is 11.2. The van der Waals surface area contributed by atoms with Gasteiger partial charge in [0.25, 0.3) is 5.91 Å². The molecule has 31 heavy (non-hydrogen) atoms. The molecule has 0 aliphatic carbocycles. The smallest absolute Gasteiger partial charge is 0.252 e. The van der Waals surface area contributed by atoms with Crippen LogP contribution in [0.2, 0.25) is 0 Å². The summed E-state index contributed by atoms with van der Waals surface area (Å²) in [6.07, 6.45) is 2.97. The number of carbonyl (C=O) groups excluding carboxylic acids is 2. The summed E-state index contributed by atoms with van der Waals surface area (Å²) in [5.41, 5.74) is 3.00. The Balaban J connectivity index is 2.26. The van der Waals surface area contributed by atoms with E-state index < -0.39 is 5.83 Å². The van der Waals surface area contributed by atoms with Crippen LogP contribution in [0.25, 0.3) is 0 Å². The molecule has 1 aromatic carbocycles. The Morgan fingerprint density at radius 1 is 1.19 bits per heavy atom. The second-order valence-corrected chi connectivity index (χ2v) is 7.67. The van der Waals surface area contributed by atoms with Crippen molar-refractivity contribution in [2.75, 3.05) is 17.7 Å². The number of allylic oxidation sites excluding steroid dienone is 4. The quantitative estimate of drug-likeness (QED) is 0.406. The number of para-hydroxylation sites is 1. The maximum Gasteiger partial charge on any atom is 0.252 e. The molecule has 8 heteroatoms. The Morgan fingerprint density at radius 2 is 1.90 bits per heavy atom. The molecule has 0 saturated heterocycles. The number of benzene rings is 1. The van der Waals surface area contributed by atoms with Gasteiger partial charge in [0.15, 0.2) is 5.82 Å². The second-order valence-electron chi connectivity index (χ2n) is 6.71. The Bertz CT molecular complexity index is 1050. The zero-order chi connectivity index (χ0) is 23.0. The summed E-state index contributed by atoms with van der Waals surface area (Å²) < 4.78 is 13.6. The van der Waals surface area contributed by atoms with Crippen LogP contribution in [-0.2, 0) is 4.79 Å². The number of nitrogens with zero attached hydrogens (tertiary/aromatic N) is 1. The molecular weight excluding hydrogens is 463 g/mol. The number of aryl methyl sites for hydroxylation is 1. The highest BCUT2D eigenvalue weighted by Crippen LogP contribution is 2.27. The van der Waals surface area contributed by atoms with Gasteiger partial charge < -0.3 is 16.0 Å². The van der Waals surface area contributed by atoms with Crippen molar-refractivity contribution in [1.82, 2.24) is 10.3 Å². The summed E-state index contributed by atoms with van der Waals surface area (Å²) in [5.74, 6) is -0.878. The number of rotatable bonds is 9. The van der Waals surface area contributed by atoms with Crippen molar-refractivity contribution in [3.05, 3.63) is 82.8 Å². The topological polar surface area (TPSA) is 83.1 Å². The lowest BCUT2D eigenvalue weighted by atomic mass is 10.1. The first-order valence-electron chi connectivity index (χ1n) is 9.45. The molecule has 2 rings (SSSR count). The average molecular weight is 487 g/mol. The van der Waals surface area contributed by atoms with Gasteiger partial charge in [-0.2, -0.15) is 0 Å². The fourth-order valence-corrected chi connectivity index (χ4v) is 3.02. The Kier molecular flexibility index (Phi) is 8.69. The van der Waals surface area contributed by atoms with E-state index in [-0.39, 0.29) is 24.7 Å². The van der Waals surface area contributed by atoms with Gasteiger partial charge in [-0.05, 0) is 42.7 Å². The number of hydrogen-bond acceptors (Lipinski definition) is 4. The van der Waals surface area contributed by atoms with Gasteiger partial charge in [-0.1, -0.05) is 47.3 Å². The molecule has 0 saturated carbocycles. The van der Waals surface area contributed by atoms with Crippen LogP contribution in [-0.4, -0.2) is 23.8 Å². The molecule has 0 aliphatic rings. The predicted molar refractivity (Wildman–Crippen MR) is 126 cm³/mol. The average Bonchev–Trinajstić information content (AvgIpc) is 2.72. The molecule has 6 nitrogen and oxygen atoms in total. The first kappa shape index (κ1) is 24.0. The molecule has 0 spiro atoms. The van der Waals surface area contributed by atoms with E-state index in [1.54, 1.807) is 6.07 Å². The number of nitrogens with one attached hydrogen (secondary N) is 3. The predicted octanol–water partition coefficient (Wildman–Crippen LogP) is 5.53. The normalized spacial score (nSPS) is 10.9. The Morgan fingerprint density at radius 3 is 2.52 bits per heavy atom. The Hall–Kier alpha value is -3.26. The van der Waals surface area contributed by atoms with Crippen LogP contribution in [0.4, 0.5) is 21.6 Å². The molecule has 2 aromatic rings. The van der Waals surface area contributed by atoms with E-state index >= 15 is 0 Å². The van der Waals surface area contributed by atoms with Crippen molar-refractivity contribution >= 4 is 44.9 Å². The lowest BCUT2D eigenvalue weighted by molar-refractivity contribution is -0.116. The van der Waals surface area contributed by atoms with E-state index in [9.17, 15) is 14.0 Å². The third-order valence-corrected chi connectivity index (χ3v) is 4.86. The van der Waals surface area contributed by atoms with Crippen molar-refractivity contribution in [2.45, 2.75) is 19.8 Å². The summed E-state index contributed by atoms with van der Waals surface area (Å²) in [6.45, 7) is 8.87. The fourth-order valence-electron chi connectivity index (χ4n) is 2.70. The van der Waals surface area contributed by atoms with E-state index in [1.165, 1.54) is 19.3 Å². The largest absolute Gasteiger partial charge is 0.355 e. The molecule has 0 unspecified atom stereocenters. The van der Waals surface area contributed by atoms with E-state index in [1.807, 2.05) is 31.2 Å². The molecule has 1 heterocycles. The van der Waals surface area contributed by atoms with Crippen molar-refractivity contribution < 1.29 is 14.0 Å². The maximum absolute atomic E-state index is 13.1. The molecular formula is C23H24BrFN4O2. The number of carbonyl (C=O) groups is 2. The number of halogens is 2. The van der Waals surface area contributed by atoms with Crippen LogP contribution in [0.3, 0.4) is 0 Å². The van der Waals surface area contributed by atoms with Gasteiger partial charge in [0, 0.05) is 29.8 Å². The van der Waals surface area contributed by atoms with Crippen LogP contribution in [0, 0.1) is 6.92 Å². The van der Waals surface area contributed by atoms with Gasteiger partial charge >= 0.3 is 0 Å². The van der Waals surface area contributed by atoms with E-state index in [2.05, 4.69) is 50.0 Å². The fraction of sp³-hybridized carbons (Fsp3) is 0.174. The zero-order valence-electron chi connectivity index (χ0n) is 17.4. The van der Waals surface area contributed by atoms with Crippen molar-refractivity contribution in [2.24, 2.45) is 0 Å². The standard InChI is InChI=1S/C23H24BrFN4O2/c1-14-7-5-6-8-19(14)29-22-20(12-18(13-27-22)23(31)26-4)28-21(30)10-9-17(16(3)24)11-15(2)25/h5-8,11-13H,2-3,9-10H2,1,4H3,(H,26,31)(H,27,29)(H,28,30)/b17-11-. The summed E-state index contributed by atoms with van der Waals surface area (Å²) in [7, 11) is 1.51. The van der Waals surface area contributed by atoms with Gasteiger partial charge in [-0.15, -0.1) is 0 Å². The monoisotopic (exact) mass is 486 g/mol. The van der Waals surface area contributed by atoms with E-state index in [0.29, 0.717) is 27.1 Å². The van der Waals surface area contributed by atoms with Gasteiger partial charge in [0.2, 0.25) is 5.91 Å². The molecule has 0 fully saturated rings. The molecule has 0 bridgehead atoms. The summed E-state index contributed by atoms with van der Waals surface area (Å²) in [6, 6.07) is 9.18. The highest BCUT2D eigenvalue weighted by Gasteiger charge is 2.14. The van der Waals surface area contributed by atoms with Crippen LogP contribution in [0.5, 0.6) is 0 Å². The third-order valence-electron chi connectivity index (χ3n) is 4.35. The van der Waals surface area contributed by atoms with Crippen molar-refractivity contribution in [3.63, 3.8) is 0 Å². The minimum atomic E-state index is -0.622. The summed E-state index contributed by atoms with van der Waals surface area (Å²) in [5, 5.41) is 8.51. The number of pyridine rings is 1. The molecule has 0 radical (unpaired) electrons. The van der Waals surface area contributed by atoms with Crippen molar-refractivity contribution in [1.29, 1.82) is 0 Å². The van der Waals surface area contributed by atoms with Gasteiger partial charge in [0.05, 0.1) is 11.3 Å². The first-order chi connectivity index (χ1) is 14.7. The molecule has 2 amide bonds. The van der Waals surface area contributed by atoms with Gasteiger partial charge in [-0.25, -0.2) is 9.37 Å². The molecule has 0 atom stereocenters. The van der Waals surface area contributed by atoms with Gasteiger partial charge in [0.1, 0.15) is 5.83 Å². The highest BCUT2D eigenvalue weighted by atomic mass is 79.9. The van der Waals surface area contributed by atoms with Gasteiger partial charge in [-0.3, -0.25) is 9.59 Å². The third kappa shape index (κ3) is 7.18. The van der Waals surface area contributed by atoms with Crippen LogP contribution >= 0.6 is 15.9 Å². The van der Waals surface area contributed by atoms with Crippen LogP contribution in [0.15, 0.2) is 71.6 Å². The minimum Gasteiger partial charge on any atom is -0.355 e. The summed E-state index contributed by atoms with van der Waals surface area (Å²) in [4.78, 5) is 28.9. The zero-order valence-corrected chi connectivity index (χ0v) is 19.0. The SMILES string of the molecule is C=C(F)/C=C(/CCC(=O)Nc1cc(C(=O)NC)cnc1Nc1ccccc1C)C(=C)Br. The number of aromatic nitrogens is 1. The van der Waals surface area contributed by atoms with Crippen LogP contribution < -0.4 is 16.0 Å². The number of anilines is 3. The maximum atomic E-state index is 13.1. The number of hydrogen-bond donors (Lipinski definition) is 3. The molecule has 0 aliphatic heterocycles. The highest BCUT2D eigenvalue weighted by molar-refractivity contribution is 9.11. The Labute approximate surface area is 189 Å². The number of amides is 2.